The third-order valence-electron chi connectivity index (χ3n) is 4.12. The number of thioether (sulfide) groups is 1. The topological polar surface area (TPSA) is 71.6 Å². The lowest BCUT2D eigenvalue weighted by molar-refractivity contribution is 0.533. The van der Waals surface area contributed by atoms with Crippen LogP contribution in [-0.2, 0) is 12.0 Å². The quantitative estimate of drug-likeness (QED) is 0.744. The van der Waals surface area contributed by atoms with Crippen LogP contribution in [0.1, 0.15) is 45.4 Å². The normalized spacial score (nSPS) is 17.2. The van der Waals surface area contributed by atoms with Crippen molar-refractivity contribution in [1.82, 2.24) is 14.5 Å². The second kappa shape index (κ2) is 6.06. The van der Waals surface area contributed by atoms with Crippen LogP contribution in [0, 0.1) is 11.3 Å². The van der Waals surface area contributed by atoms with E-state index in [0.717, 1.165) is 12.1 Å². The first-order valence-electron chi connectivity index (χ1n) is 7.99. The zero-order chi connectivity index (χ0) is 17.5. The van der Waals surface area contributed by atoms with Gasteiger partial charge >= 0.3 is 0 Å². The maximum atomic E-state index is 12.6. The highest BCUT2D eigenvalue weighted by atomic mass is 32.2. The Kier molecular flexibility index (Phi) is 4.22. The van der Waals surface area contributed by atoms with E-state index in [0.29, 0.717) is 28.2 Å². The molecule has 6 heteroatoms. The van der Waals surface area contributed by atoms with Crippen LogP contribution in [0.3, 0.4) is 0 Å². The van der Waals surface area contributed by atoms with Gasteiger partial charge in [-0.25, -0.2) is 4.98 Å². The fourth-order valence-electron chi connectivity index (χ4n) is 2.66. The van der Waals surface area contributed by atoms with E-state index >= 15 is 0 Å². The summed E-state index contributed by atoms with van der Waals surface area (Å²) in [5, 5.41) is 10.6. The smallest absolute Gasteiger partial charge is 0.272 e. The van der Waals surface area contributed by atoms with Crippen LogP contribution in [0.5, 0.6) is 0 Å². The van der Waals surface area contributed by atoms with E-state index in [1.54, 1.807) is 22.5 Å². The molecule has 5 nitrogen and oxygen atoms in total. The first kappa shape index (κ1) is 16.7. The molecule has 1 aliphatic rings. The Hall–Kier alpha value is -2.13. The molecule has 3 heterocycles. The summed E-state index contributed by atoms with van der Waals surface area (Å²) < 4.78 is 1.61. The van der Waals surface area contributed by atoms with Gasteiger partial charge in [0, 0.05) is 34.7 Å². The summed E-state index contributed by atoms with van der Waals surface area (Å²) in [5.41, 5.74) is 1.89. The summed E-state index contributed by atoms with van der Waals surface area (Å²) in [6.45, 7) is 9.02. The van der Waals surface area contributed by atoms with Gasteiger partial charge in [0.15, 0.2) is 5.16 Å². The molecule has 0 radical (unpaired) electrons. The second-order valence-corrected chi connectivity index (χ2v) is 8.49. The van der Waals surface area contributed by atoms with Crippen LogP contribution >= 0.6 is 11.8 Å². The lowest BCUT2D eigenvalue weighted by atomic mass is 9.91. The summed E-state index contributed by atoms with van der Waals surface area (Å²) in [4.78, 5) is 21.8. The molecule has 0 saturated heterocycles. The summed E-state index contributed by atoms with van der Waals surface area (Å²) in [7, 11) is 0. The molecule has 1 unspecified atom stereocenters. The minimum absolute atomic E-state index is 0.0509. The second-order valence-electron chi connectivity index (χ2n) is 7.09. The number of nitriles is 1. The van der Waals surface area contributed by atoms with Gasteiger partial charge in [-0.2, -0.15) is 5.26 Å². The first-order chi connectivity index (χ1) is 11.3. The number of hydrogen-bond acceptors (Lipinski definition) is 5. The maximum absolute atomic E-state index is 12.6. The van der Waals surface area contributed by atoms with Gasteiger partial charge < -0.3 is 0 Å². The summed E-state index contributed by atoms with van der Waals surface area (Å²) in [6, 6.07) is 5.86. The van der Waals surface area contributed by atoms with E-state index in [1.807, 2.05) is 18.2 Å². The van der Waals surface area contributed by atoms with Crippen molar-refractivity contribution in [3.63, 3.8) is 0 Å². The van der Waals surface area contributed by atoms with E-state index in [2.05, 4.69) is 37.7 Å². The van der Waals surface area contributed by atoms with Crippen molar-refractivity contribution >= 4 is 11.8 Å². The lowest BCUT2D eigenvalue weighted by Gasteiger charge is -2.22. The van der Waals surface area contributed by atoms with Crippen molar-refractivity contribution in [2.24, 2.45) is 0 Å². The van der Waals surface area contributed by atoms with Crippen molar-refractivity contribution in [1.29, 1.82) is 5.26 Å². The van der Waals surface area contributed by atoms with Gasteiger partial charge in [-0.15, -0.1) is 0 Å². The van der Waals surface area contributed by atoms with Crippen LogP contribution in [0.4, 0.5) is 0 Å². The highest BCUT2D eigenvalue weighted by Gasteiger charge is 2.24. The summed E-state index contributed by atoms with van der Waals surface area (Å²) in [5.74, 6) is 0. The maximum Gasteiger partial charge on any atom is 0.272 e. The van der Waals surface area contributed by atoms with Crippen LogP contribution in [0.15, 0.2) is 28.3 Å². The van der Waals surface area contributed by atoms with E-state index in [4.69, 9.17) is 0 Å². The predicted octanol–water partition coefficient (Wildman–Crippen LogP) is 3.36. The monoisotopic (exact) mass is 340 g/mol. The van der Waals surface area contributed by atoms with Crippen molar-refractivity contribution < 1.29 is 0 Å². The third kappa shape index (κ3) is 2.96. The van der Waals surface area contributed by atoms with Gasteiger partial charge in [0.05, 0.1) is 5.69 Å². The molecule has 0 spiro atoms. The molecule has 0 aliphatic carbocycles. The third-order valence-corrected chi connectivity index (χ3v) is 5.28. The summed E-state index contributed by atoms with van der Waals surface area (Å²) in [6.07, 6.45) is 2.61. The number of fused-ring (bicyclic) bond motifs is 1. The molecular formula is C18H20N4OS. The van der Waals surface area contributed by atoms with E-state index < -0.39 is 0 Å². The number of pyridine rings is 1. The minimum Gasteiger partial charge on any atom is -0.286 e. The van der Waals surface area contributed by atoms with Gasteiger partial charge in [0.2, 0.25) is 0 Å². The molecule has 0 N–H and O–H groups in total. The Morgan fingerprint density at radius 3 is 2.71 bits per heavy atom. The Labute approximate surface area is 145 Å². The zero-order valence-corrected chi connectivity index (χ0v) is 15.1. The number of aromatic nitrogens is 3. The summed E-state index contributed by atoms with van der Waals surface area (Å²) >= 11 is 1.58. The highest BCUT2D eigenvalue weighted by molar-refractivity contribution is 7.99. The SMILES string of the molecule is CC1CCn2c(nc(-c3ccc(C(C)(C)C)nc3)c(C#N)c2=O)S1. The van der Waals surface area contributed by atoms with Crippen LogP contribution in [0.2, 0.25) is 0 Å². The molecule has 0 saturated carbocycles. The van der Waals surface area contributed by atoms with E-state index in [-0.39, 0.29) is 16.5 Å². The lowest BCUT2D eigenvalue weighted by Crippen LogP contribution is -2.30. The molecule has 0 fully saturated rings. The highest BCUT2D eigenvalue weighted by Crippen LogP contribution is 2.31. The van der Waals surface area contributed by atoms with Crippen molar-refractivity contribution in [3.05, 3.63) is 39.9 Å². The minimum atomic E-state index is -0.253. The molecule has 2 aromatic heterocycles. The molecule has 2 aromatic rings. The number of rotatable bonds is 1. The van der Waals surface area contributed by atoms with Crippen LogP contribution in [-0.4, -0.2) is 19.8 Å². The van der Waals surface area contributed by atoms with Crippen LogP contribution in [0.25, 0.3) is 11.3 Å². The fraction of sp³-hybridized carbons (Fsp3) is 0.444. The molecule has 124 valence electrons. The molecule has 24 heavy (non-hydrogen) atoms. The Morgan fingerprint density at radius 1 is 1.38 bits per heavy atom. The molecule has 0 bridgehead atoms. The average Bonchev–Trinajstić information content (AvgIpc) is 2.53. The fourth-order valence-corrected chi connectivity index (χ4v) is 3.69. The van der Waals surface area contributed by atoms with E-state index in [1.165, 1.54) is 0 Å². The Bertz CT molecular complexity index is 872. The molecule has 3 rings (SSSR count). The number of nitrogens with zero attached hydrogens (tertiary/aromatic N) is 4. The zero-order valence-electron chi connectivity index (χ0n) is 14.3. The average molecular weight is 340 g/mol. The largest absolute Gasteiger partial charge is 0.286 e. The van der Waals surface area contributed by atoms with Gasteiger partial charge in [0.25, 0.3) is 5.56 Å². The molecule has 1 aliphatic heterocycles. The molecular weight excluding hydrogens is 320 g/mol. The Balaban J connectivity index is 2.14. The van der Waals surface area contributed by atoms with Crippen molar-refractivity contribution in [2.45, 2.75) is 56.5 Å². The van der Waals surface area contributed by atoms with Crippen LogP contribution < -0.4 is 5.56 Å². The van der Waals surface area contributed by atoms with E-state index in [9.17, 15) is 10.1 Å². The molecule has 1 atom stereocenters. The van der Waals surface area contributed by atoms with Gasteiger partial charge in [0.1, 0.15) is 11.6 Å². The van der Waals surface area contributed by atoms with Gasteiger partial charge in [-0.05, 0) is 18.6 Å². The van der Waals surface area contributed by atoms with Gasteiger partial charge in [-0.3, -0.25) is 14.3 Å². The molecule has 0 amide bonds. The number of hydrogen-bond donors (Lipinski definition) is 0. The predicted molar refractivity (Wildman–Crippen MR) is 95.1 cm³/mol. The molecule has 0 aromatic carbocycles. The first-order valence-corrected chi connectivity index (χ1v) is 8.87. The van der Waals surface area contributed by atoms with Gasteiger partial charge in [-0.1, -0.05) is 39.5 Å². The Morgan fingerprint density at radius 2 is 2.12 bits per heavy atom. The van der Waals surface area contributed by atoms with Crippen molar-refractivity contribution in [3.8, 4) is 17.3 Å². The van der Waals surface area contributed by atoms with Crippen molar-refractivity contribution in [2.75, 3.05) is 0 Å². The standard InChI is InChI=1S/C18H20N4OS/c1-11-7-8-22-16(23)13(9-19)15(21-17(22)24-11)12-5-6-14(20-10-12)18(2,3)4/h5-6,10-11H,7-8H2,1-4H3.